The van der Waals surface area contributed by atoms with Gasteiger partial charge in [-0.25, -0.2) is 13.6 Å². The zero-order valence-corrected chi connectivity index (χ0v) is 20.4. The Balaban J connectivity index is 1.28. The maximum atomic E-state index is 13.2. The van der Waals surface area contributed by atoms with E-state index < -0.39 is 5.92 Å². The quantitative estimate of drug-likeness (QED) is 0.400. The Morgan fingerprint density at radius 1 is 1.17 bits per heavy atom. The van der Waals surface area contributed by atoms with Crippen LogP contribution in [-0.2, 0) is 11.2 Å². The second-order valence-corrected chi connectivity index (χ2v) is 9.41. The number of hydrogen-bond acceptors (Lipinski definition) is 6. The summed E-state index contributed by atoms with van der Waals surface area (Å²) in [6, 6.07) is 15.6. The number of pyridine rings is 1. The number of aryl methyl sites for hydroxylation is 1. The van der Waals surface area contributed by atoms with Crippen molar-refractivity contribution in [3.05, 3.63) is 77.6 Å². The fraction of sp³-hybridized carbons (Fsp3) is 0.357. The van der Waals surface area contributed by atoms with Gasteiger partial charge in [-0.15, -0.1) is 0 Å². The number of ether oxygens (including phenoxy) is 2. The summed E-state index contributed by atoms with van der Waals surface area (Å²) in [4.78, 5) is 20.0. The van der Waals surface area contributed by atoms with Crippen LogP contribution in [0, 0.1) is 0 Å². The maximum Gasteiger partial charge on any atom is 0.338 e. The van der Waals surface area contributed by atoms with E-state index in [1.54, 1.807) is 23.4 Å². The molecule has 188 valence electrons. The Morgan fingerprint density at radius 2 is 1.92 bits per heavy atom. The Morgan fingerprint density at radius 3 is 2.64 bits per heavy atom. The van der Waals surface area contributed by atoms with E-state index in [9.17, 15) is 13.6 Å². The number of alkyl halides is 2. The highest BCUT2D eigenvalue weighted by Gasteiger charge is 2.43. The van der Waals surface area contributed by atoms with Gasteiger partial charge in [-0.05, 0) is 72.7 Å². The minimum Gasteiger partial charge on any atom is -0.493 e. The van der Waals surface area contributed by atoms with E-state index in [0.29, 0.717) is 18.1 Å². The standard InChI is InChI=1S/C28H29F2N3O3/c1-32(21-5-7-22(8-6-21)33-17-28(29,30)18-33)23-9-10-24-19(12-14-36-26(24)15-23)3-4-20-16-31-13-11-25(20)27(34)35-2/h5-11,13,15-16,19H,3-4,12,14,17-18H2,1-2H3/t19-/m1/s1. The molecule has 0 N–H and O–H groups in total. The van der Waals surface area contributed by atoms with Gasteiger partial charge in [0.25, 0.3) is 5.92 Å². The number of halogens is 2. The molecular formula is C28H29F2N3O3. The monoisotopic (exact) mass is 493 g/mol. The number of anilines is 3. The highest BCUT2D eigenvalue weighted by molar-refractivity contribution is 5.90. The summed E-state index contributed by atoms with van der Waals surface area (Å²) < 4.78 is 37.3. The molecule has 3 heterocycles. The second-order valence-electron chi connectivity index (χ2n) is 9.41. The number of rotatable bonds is 7. The third kappa shape index (κ3) is 4.85. The van der Waals surface area contributed by atoms with Crippen LogP contribution in [0.25, 0.3) is 0 Å². The number of methoxy groups -OCH3 is 1. The van der Waals surface area contributed by atoms with Crippen LogP contribution >= 0.6 is 0 Å². The fourth-order valence-electron chi connectivity index (χ4n) is 4.96. The summed E-state index contributed by atoms with van der Waals surface area (Å²) in [6.07, 6.45) is 5.85. The molecular weight excluding hydrogens is 464 g/mol. The predicted octanol–water partition coefficient (Wildman–Crippen LogP) is 5.59. The van der Waals surface area contributed by atoms with Crippen molar-refractivity contribution in [2.75, 3.05) is 43.7 Å². The van der Waals surface area contributed by atoms with Crippen LogP contribution in [-0.4, -0.2) is 50.7 Å². The first kappa shape index (κ1) is 24.0. The van der Waals surface area contributed by atoms with E-state index in [-0.39, 0.29) is 19.1 Å². The third-order valence-electron chi connectivity index (χ3n) is 7.07. The topological polar surface area (TPSA) is 54.9 Å². The van der Waals surface area contributed by atoms with Crippen LogP contribution in [0.4, 0.5) is 25.8 Å². The average molecular weight is 494 g/mol. The number of benzene rings is 2. The zero-order valence-electron chi connectivity index (χ0n) is 20.4. The normalized spacial score (nSPS) is 18.0. The number of fused-ring (bicyclic) bond motifs is 1. The van der Waals surface area contributed by atoms with E-state index >= 15 is 0 Å². The molecule has 2 aliphatic rings. The van der Waals surface area contributed by atoms with Gasteiger partial charge in [0.15, 0.2) is 0 Å². The fourth-order valence-corrected chi connectivity index (χ4v) is 4.96. The summed E-state index contributed by atoms with van der Waals surface area (Å²) in [6.45, 7) is 0.184. The van der Waals surface area contributed by atoms with Crippen LogP contribution in [0.2, 0.25) is 0 Å². The maximum absolute atomic E-state index is 13.2. The van der Waals surface area contributed by atoms with Crippen molar-refractivity contribution in [1.82, 2.24) is 4.98 Å². The highest BCUT2D eigenvalue weighted by atomic mass is 19.3. The summed E-state index contributed by atoms with van der Waals surface area (Å²) in [5.74, 6) is -1.75. The van der Waals surface area contributed by atoms with Gasteiger partial charge in [-0.2, -0.15) is 0 Å². The number of nitrogens with zero attached hydrogens (tertiary/aromatic N) is 3. The van der Waals surface area contributed by atoms with Gasteiger partial charge in [0.1, 0.15) is 5.75 Å². The van der Waals surface area contributed by atoms with Crippen molar-refractivity contribution in [2.24, 2.45) is 0 Å². The third-order valence-corrected chi connectivity index (χ3v) is 7.07. The number of esters is 1. The molecule has 2 aliphatic heterocycles. The van der Waals surface area contributed by atoms with Gasteiger partial charge in [-0.3, -0.25) is 4.98 Å². The first-order valence-electron chi connectivity index (χ1n) is 12.1. The molecule has 0 amide bonds. The van der Waals surface area contributed by atoms with Crippen LogP contribution in [0.5, 0.6) is 5.75 Å². The molecule has 0 unspecified atom stereocenters. The average Bonchev–Trinajstić information content (AvgIpc) is 2.89. The number of hydrogen-bond donors (Lipinski definition) is 0. The van der Waals surface area contributed by atoms with Crippen molar-refractivity contribution < 1.29 is 23.0 Å². The molecule has 6 nitrogen and oxygen atoms in total. The van der Waals surface area contributed by atoms with Crippen molar-refractivity contribution in [3.63, 3.8) is 0 Å². The molecule has 3 aromatic rings. The minimum absolute atomic E-state index is 0.226. The molecule has 1 fully saturated rings. The Hall–Kier alpha value is -3.68. The smallest absolute Gasteiger partial charge is 0.338 e. The molecule has 1 saturated heterocycles. The van der Waals surface area contributed by atoms with Gasteiger partial charge >= 0.3 is 5.97 Å². The molecule has 1 atom stereocenters. The number of carbonyl (C=O) groups is 1. The molecule has 0 saturated carbocycles. The van der Waals surface area contributed by atoms with Gasteiger partial charge in [0, 0.05) is 42.6 Å². The SMILES string of the molecule is COC(=O)c1ccncc1CC[C@@H]1CCOc2cc(N(C)c3ccc(N4CC(F)(F)C4)cc3)ccc21. The van der Waals surface area contributed by atoms with Crippen LogP contribution in [0.3, 0.4) is 0 Å². The highest BCUT2D eigenvalue weighted by Crippen LogP contribution is 2.40. The molecule has 0 radical (unpaired) electrons. The first-order chi connectivity index (χ1) is 17.3. The summed E-state index contributed by atoms with van der Waals surface area (Å²) >= 11 is 0. The summed E-state index contributed by atoms with van der Waals surface area (Å²) in [5, 5.41) is 0. The molecule has 0 spiro atoms. The molecule has 0 aliphatic carbocycles. The molecule has 36 heavy (non-hydrogen) atoms. The van der Waals surface area contributed by atoms with E-state index in [1.807, 2.05) is 31.3 Å². The van der Waals surface area contributed by atoms with E-state index in [2.05, 4.69) is 28.1 Å². The Kier molecular flexibility index (Phi) is 6.51. The van der Waals surface area contributed by atoms with E-state index in [0.717, 1.165) is 53.2 Å². The number of aromatic nitrogens is 1. The van der Waals surface area contributed by atoms with Gasteiger partial charge in [-0.1, -0.05) is 6.07 Å². The predicted molar refractivity (Wildman–Crippen MR) is 135 cm³/mol. The van der Waals surface area contributed by atoms with Crippen molar-refractivity contribution >= 4 is 23.0 Å². The van der Waals surface area contributed by atoms with Crippen LogP contribution < -0.4 is 14.5 Å². The van der Waals surface area contributed by atoms with Crippen molar-refractivity contribution in [3.8, 4) is 5.75 Å². The Bertz CT molecular complexity index is 1240. The summed E-state index contributed by atoms with van der Waals surface area (Å²) in [7, 11) is 3.36. The zero-order chi connectivity index (χ0) is 25.3. The lowest BCUT2D eigenvalue weighted by Crippen LogP contribution is -2.56. The molecule has 5 rings (SSSR count). The first-order valence-corrected chi connectivity index (χ1v) is 12.1. The van der Waals surface area contributed by atoms with Gasteiger partial charge in [0.2, 0.25) is 0 Å². The largest absolute Gasteiger partial charge is 0.493 e. The molecule has 2 aromatic carbocycles. The van der Waals surface area contributed by atoms with Crippen molar-refractivity contribution in [2.45, 2.75) is 31.1 Å². The van der Waals surface area contributed by atoms with E-state index in [4.69, 9.17) is 9.47 Å². The van der Waals surface area contributed by atoms with Crippen LogP contribution in [0.15, 0.2) is 60.9 Å². The number of carbonyl (C=O) groups excluding carboxylic acids is 1. The van der Waals surface area contributed by atoms with Gasteiger partial charge in [0.05, 0.1) is 32.4 Å². The van der Waals surface area contributed by atoms with Crippen molar-refractivity contribution in [1.29, 1.82) is 0 Å². The Labute approximate surface area is 209 Å². The van der Waals surface area contributed by atoms with Gasteiger partial charge < -0.3 is 19.3 Å². The van der Waals surface area contributed by atoms with E-state index in [1.165, 1.54) is 7.11 Å². The minimum atomic E-state index is -2.59. The molecule has 1 aromatic heterocycles. The second kappa shape index (κ2) is 9.76. The van der Waals surface area contributed by atoms with Crippen LogP contribution in [0.1, 0.15) is 40.2 Å². The lowest BCUT2D eigenvalue weighted by atomic mass is 9.87. The lowest BCUT2D eigenvalue weighted by molar-refractivity contribution is -0.0262. The lowest BCUT2D eigenvalue weighted by Gasteiger charge is -2.40. The summed E-state index contributed by atoms with van der Waals surface area (Å²) in [5.41, 5.74) is 5.36. The molecule has 0 bridgehead atoms. The molecule has 8 heteroatoms.